The normalized spacial score (nSPS) is 15.5. The summed E-state index contributed by atoms with van der Waals surface area (Å²) in [7, 11) is -3.10. The molecule has 0 saturated carbocycles. The Morgan fingerprint density at radius 2 is 1.94 bits per heavy atom. The lowest BCUT2D eigenvalue weighted by Crippen LogP contribution is -2.34. The molecule has 1 aromatic carbocycles. The molecule has 0 aliphatic heterocycles. The summed E-state index contributed by atoms with van der Waals surface area (Å²) in [5.74, 6) is 0.144. The molecule has 2 N–H and O–H groups in total. The van der Waals surface area contributed by atoms with Crippen molar-refractivity contribution in [2.24, 2.45) is 5.73 Å². The summed E-state index contributed by atoms with van der Waals surface area (Å²) in [6, 6.07) is 7.30. The highest BCUT2D eigenvalue weighted by Crippen LogP contribution is 2.23. The highest BCUT2D eigenvalue weighted by atomic mass is 32.2. The second-order valence-electron chi connectivity index (χ2n) is 4.34. The van der Waals surface area contributed by atoms with E-state index in [2.05, 4.69) is 0 Å². The van der Waals surface area contributed by atoms with E-state index in [4.69, 9.17) is 5.73 Å². The van der Waals surface area contributed by atoms with E-state index < -0.39 is 21.1 Å². The van der Waals surface area contributed by atoms with Crippen molar-refractivity contribution in [1.29, 1.82) is 0 Å². The Kier molecular flexibility index (Phi) is 4.71. The molecule has 0 spiro atoms. The lowest BCUT2D eigenvalue weighted by molar-refractivity contribution is 0.549. The average Bonchev–Trinajstić information content (AvgIpc) is 2.29. The number of aryl methyl sites for hydroxylation is 1. The zero-order valence-electron chi connectivity index (χ0n) is 10.7. The Labute approximate surface area is 104 Å². The molecule has 1 aromatic rings. The number of hydrogen-bond acceptors (Lipinski definition) is 3. The van der Waals surface area contributed by atoms with Crippen LogP contribution in [0.5, 0.6) is 0 Å². The molecule has 0 aliphatic rings. The lowest BCUT2D eigenvalue weighted by atomic mass is 10.0. The summed E-state index contributed by atoms with van der Waals surface area (Å²) in [4.78, 5) is 0. The third-order valence-electron chi connectivity index (χ3n) is 3.09. The van der Waals surface area contributed by atoms with Gasteiger partial charge in [-0.25, -0.2) is 8.42 Å². The van der Waals surface area contributed by atoms with Crippen LogP contribution in [0.4, 0.5) is 0 Å². The molecule has 17 heavy (non-hydrogen) atoms. The molecule has 0 radical (unpaired) electrons. The van der Waals surface area contributed by atoms with Crippen LogP contribution in [-0.4, -0.2) is 19.4 Å². The van der Waals surface area contributed by atoms with Crippen molar-refractivity contribution in [1.82, 2.24) is 0 Å². The first-order chi connectivity index (χ1) is 7.92. The Balaban J connectivity index is 3.06. The molecule has 2 atom stereocenters. The van der Waals surface area contributed by atoms with Crippen molar-refractivity contribution in [2.75, 3.05) is 5.75 Å². The first-order valence-corrected chi connectivity index (χ1v) is 7.67. The molecular weight excluding hydrogens is 234 g/mol. The van der Waals surface area contributed by atoms with E-state index in [0.29, 0.717) is 6.42 Å². The average molecular weight is 255 g/mol. The fraction of sp³-hybridized carbons (Fsp3) is 0.538. The van der Waals surface area contributed by atoms with Gasteiger partial charge in [0.15, 0.2) is 9.84 Å². The summed E-state index contributed by atoms with van der Waals surface area (Å²) < 4.78 is 23.9. The van der Waals surface area contributed by atoms with Crippen LogP contribution in [0.2, 0.25) is 0 Å². The molecule has 3 nitrogen and oxygen atoms in total. The highest BCUT2D eigenvalue weighted by molar-refractivity contribution is 7.92. The van der Waals surface area contributed by atoms with Gasteiger partial charge in [0, 0.05) is 11.8 Å². The van der Waals surface area contributed by atoms with Gasteiger partial charge >= 0.3 is 0 Å². The predicted molar refractivity (Wildman–Crippen MR) is 71.6 cm³/mol. The number of sulfone groups is 1. The summed E-state index contributed by atoms with van der Waals surface area (Å²) >= 11 is 0. The zero-order chi connectivity index (χ0) is 13.1. The van der Waals surface area contributed by atoms with Gasteiger partial charge in [0.2, 0.25) is 0 Å². The van der Waals surface area contributed by atoms with E-state index in [0.717, 1.165) is 11.1 Å². The fourth-order valence-corrected chi connectivity index (χ4v) is 3.58. The Bertz CT molecular complexity index is 468. The predicted octanol–water partition coefficient (Wildman–Crippen LogP) is 2.21. The number of rotatable bonds is 5. The molecule has 0 saturated heterocycles. The van der Waals surface area contributed by atoms with Crippen molar-refractivity contribution in [3.8, 4) is 0 Å². The van der Waals surface area contributed by atoms with Crippen LogP contribution in [-0.2, 0) is 9.84 Å². The van der Waals surface area contributed by atoms with Gasteiger partial charge in [-0.15, -0.1) is 0 Å². The monoisotopic (exact) mass is 255 g/mol. The highest BCUT2D eigenvalue weighted by Gasteiger charge is 2.29. The Hall–Kier alpha value is -0.870. The van der Waals surface area contributed by atoms with E-state index in [1.165, 1.54) is 0 Å². The quantitative estimate of drug-likeness (QED) is 0.877. The van der Waals surface area contributed by atoms with Crippen molar-refractivity contribution in [3.63, 3.8) is 0 Å². The van der Waals surface area contributed by atoms with Crippen LogP contribution < -0.4 is 5.73 Å². The summed E-state index contributed by atoms with van der Waals surface area (Å²) in [6.45, 7) is 5.51. The van der Waals surface area contributed by atoms with E-state index in [1.807, 2.05) is 38.1 Å². The standard InChI is InChI=1S/C13H21NO2S/c1-4-12(17(15,16)5-2)13(14)11-8-6-7-10(3)9-11/h6-9,12-13H,4-5,14H2,1-3H3/t12-,13-/m0/s1. The van der Waals surface area contributed by atoms with Gasteiger partial charge in [0.25, 0.3) is 0 Å². The fourth-order valence-electron chi connectivity index (χ4n) is 2.04. The van der Waals surface area contributed by atoms with Crippen LogP contribution in [0.1, 0.15) is 37.4 Å². The molecule has 0 bridgehead atoms. The molecule has 1 rings (SSSR count). The summed E-state index contributed by atoms with van der Waals surface area (Å²) in [6.07, 6.45) is 0.547. The molecule has 0 fully saturated rings. The molecule has 0 heterocycles. The van der Waals surface area contributed by atoms with E-state index in [9.17, 15) is 8.42 Å². The summed E-state index contributed by atoms with van der Waals surface area (Å²) in [5, 5.41) is -0.491. The van der Waals surface area contributed by atoms with Gasteiger partial charge < -0.3 is 5.73 Å². The maximum atomic E-state index is 12.0. The Morgan fingerprint density at radius 3 is 2.41 bits per heavy atom. The Morgan fingerprint density at radius 1 is 1.29 bits per heavy atom. The number of nitrogens with two attached hydrogens (primary N) is 1. The van der Waals surface area contributed by atoms with Crippen LogP contribution >= 0.6 is 0 Å². The minimum Gasteiger partial charge on any atom is -0.323 e. The SMILES string of the molecule is CC[C@@H]([C@@H](N)c1cccc(C)c1)S(=O)(=O)CC. The first-order valence-electron chi connectivity index (χ1n) is 5.96. The lowest BCUT2D eigenvalue weighted by Gasteiger charge is -2.22. The molecule has 0 aromatic heterocycles. The first kappa shape index (κ1) is 14.2. The largest absolute Gasteiger partial charge is 0.323 e. The molecular formula is C13H21NO2S. The molecule has 4 heteroatoms. The minimum absolute atomic E-state index is 0.144. The van der Waals surface area contributed by atoms with Crippen molar-refractivity contribution < 1.29 is 8.42 Å². The van der Waals surface area contributed by atoms with Gasteiger partial charge in [-0.05, 0) is 18.9 Å². The van der Waals surface area contributed by atoms with Crippen LogP contribution in [0.15, 0.2) is 24.3 Å². The third kappa shape index (κ3) is 3.30. The number of benzene rings is 1. The van der Waals surface area contributed by atoms with Gasteiger partial charge in [0.05, 0.1) is 5.25 Å². The van der Waals surface area contributed by atoms with Crippen molar-refractivity contribution >= 4 is 9.84 Å². The zero-order valence-corrected chi connectivity index (χ0v) is 11.5. The van der Waals surface area contributed by atoms with E-state index in [-0.39, 0.29) is 5.75 Å². The third-order valence-corrected chi connectivity index (χ3v) is 5.45. The molecule has 0 unspecified atom stereocenters. The van der Waals surface area contributed by atoms with Gasteiger partial charge in [-0.3, -0.25) is 0 Å². The summed E-state index contributed by atoms with van der Waals surface area (Å²) in [5.41, 5.74) is 8.10. The maximum Gasteiger partial charge on any atom is 0.154 e. The van der Waals surface area contributed by atoms with Crippen molar-refractivity contribution in [3.05, 3.63) is 35.4 Å². The number of hydrogen-bond donors (Lipinski definition) is 1. The van der Waals surface area contributed by atoms with Crippen LogP contribution in [0.25, 0.3) is 0 Å². The van der Waals surface area contributed by atoms with E-state index >= 15 is 0 Å². The van der Waals surface area contributed by atoms with E-state index in [1.54, 1.807) is 6.92 Å². The smallest absolute Gasteiger partial charge is 0.154 e. The maximum absolute atomic E-state index is 12.0. The molecule has 0 aliphatic carbocycles. The topological polar surface area (TPSA) is 60.2 Å². The van der Waals surface area contributed by atoms with Gasteiger partial charge in [0.1, 0.15) is 0 Å². The second-order valence-corrected chi connectivity index (χ2v) is 6.85. The van der Waals surface area contributed by atoms with Crippen molar-refractivity contribution in [2.45, 2.75) is 38.5 Å². The minimum atomic E-state index is -3.10. The van der Waals surface area contributed by atoms with Crippen LogP contribution in [0.3, 0.4) is 0 Å². The van der Waals surface area contributed by atoms with Crippen LogP contribution in [0, 0.1) is 6.92 Å². The molecule has 96 valence electrons. The van der Waals surface area contributed by atoms with Gasteiger partial charge in [-0.2, -0.15) is 0 Å². The molecule has 0 amide bonds. The second kappa shape index (κ2) is 5.65. The van der Waals surface area contributed by atoms with Gasteiger partial charge in [-0.1, -0.05) is 43.7 Å².